The first-order valence-electron chi connectivity index (χ1n) is 3.47. The first-order valence-corrected chi connectivity index (χ1v) is 3.47. The van der Waals surface area contributed by atoms with Crippen molar-refractivity contribution in [3.05, 3.63) is 24.0 Å². The molecule has 0 saturated heterocycles. The lowest BCUT2D eigenvalue weighted by molar-refractivity contribution is -0.133. The number of nitrogens with one attached hydrogen (secondary N) is 1. The molecule has 0 aromatic carbocycles. The summed E-state index contributed by atoms with van der Waals surface area (Å²) in [5.74, 6) is -0.942. The summed E-state index contributed by atoms with van der Waals surface area (Å²) in [7, 11) is 0. The summed E-state index contributed by atoms with van der Waals surface area (Å²) in [6, 6.07) is 0. The van der Waals surface area contributed by atoms with Crippen LogP contribution in [-0.4, -0.2) is 28.5 Å². The Balaban J connectivity index is 2.26. The van der Waals surface area contributed by atoms with Gasteiger partial charge in [-0.15, -0.1) is 0 Å². The second-order valence-electron chi connectivity index (χ2n) is 2.45. The van der Waals surface area contributed by atoms with Gasteiger partial charge in [0, 0.05) is 18.6 Å². The van der Waals surface area contributed by atoms with Crippen molar-refractivity contribution in [2.75, 3.05) is 0 Å². The quantitative estimate of drug-likeness (QED) is 0.559. The molecule has 0 fully saturated rings. The largest absolute Gasteiger partial charge is 0.478 e. The maximum atomic E-state index is 10.6. The van der Waals surface area contributed by atoms with E-state index in [1.54, 1.807) is 23.5 Å². The van der Waals surface area contributed by atoms with Crippen LogP contribution in [0, 0.1) is 0 Å². The molecule has 2 aliphatic rings. The van der Waals surface area contributed by atoms with Gasteiger partial charge in [0.05, 0.1) is 0 Å². The molecule has 5 heteroatoms. The van der Waals surface area contributed by atoms with Gasteiger partial charge in [0.15, 0.2) is 6.17 Å². The van der Waals surface area contributed by atoms with Gasteiger partial charge in [-0.2, -0.15) is 0 Å². The Morgan fingerprint density at radius 1 is 1.75 bits per heavy atom. The summed E-state index contributed by atoms with van der Waals surface area (Å²) in [5.41, 5.74) is 3.04. The molecule has 2 rings (SSSR count). The van der Waals surface area contributed by atoms with Gasteiger partial charge in [-0.1, -0.05) is 0 Å². The molecule has 5 nitrogen and oxygen atoms in total. The third-order valence-electron chi connectivity index (χ3n) is 1.72. The number of carboxylic acids is 1. The van der Waals surface area contributed by atoms with Crippen LogP contribution in [0.25, 0.3) is 0 Å². The Morgan fingerprint density at radius 3 is 3.33 bits per heavy atom. The molecule has 0 aromatic rings. The highest BCUT2D eigenvalue weighted by molar-refractivity contribution is 5.89. The van der Waals surface area contributed by atoms with Gasteiger partial charge in [-0.3, -0.25) is 10.0 Å². The van der Waals surface area contributed by atoms with Crippen molar-refractivity contribution in [1.29, 1.82) is 0 Å². The van der Waals surface area contributed by atoms with Crippen LogP contribution < -0.4 is 5.43 Å². The van der Waals surface area contributed by atoms with Crippen molar-refractivity contribution < 1.29 is 9.90 Å². The molecule has 1 unspecified atom stereocenters. The van der Waals surface area contributed by atoms with E-state index in [9.17, 15) is 4.79 Å². The van der Waals surface area contributed by atoms with Gasteiger partial charge in [0.2, 0.25) is 0 Å². The number of aliphatic carboxylic acids is 1. The van der Waals surface area contributed by atoms with Crippen molar-refractivity contribution in [2.24, 2.45) is 4.99 Å². The number of hydrogen-bond donors (Lipinski definition) is 2. The summed E-state index contributed by atoms with van der Waals surface area (Å²) in [4.78, 5) is 14.6. The number of carbonyl (C=O) groups is 1. The molecule has 0 bridgehead atoms. The predicted octanol–water partition coefficient (Wildman–Crippen LogP) is -0.301. The van der Waals surface area contributed by atoms with E-state index in [4.69, 9.17) is 5.11 Å². The third kappa shape index (κ3) is 0.868. The van der Waals surface area contributed by atoms with Gasteiger partial charge in [0.25, 0.3) is 0 Å². The molecule has 0 saturated carbocycles. The van der Waals surface area contributed by atoms with Gasteiger partial charge >= 0.3 is 5.97 Å². The topological polar surface area (TPSA) is 64.9 Å². The highest BCUT2D eigenvalue weighted by Crippen LogP contribution is 2.18. The maximum absolute atomic E-state index is 10.6. The van der Waals surface area contributed by atoms with Crippen LogP contribution >= 0.6 is 0 Å². The number of aliphatic imine (C=N–C) groups is 1. The summed E-state index contributed by atoms with van der Waals surface area (Å²) in [6.07, 6.45) is 6.10. The molecule has 2 heterocycles. The van der Waals surface area contributed by atoms with E-state index >= 15 is 0 Å². The summed E-state index contributed by atoms with van der Waals surface area (Å²) < 4.78 is 0. The monoisotopic (exact) mass is 165 g/mol. The lowest BCUT2D eigenvalue weighted by Crippen LogP contribution is -2.35. The first-order chi connectivity index (χ1) is 5.79. The summed E-state index contributed by atoms with van der Waals surface area (Å²) >= 11 is 0. The summed E-state index contributed by atoms with van der Waals surface area (Å²) in [5, 5.41) is 10.3. The minimum absolute atomic E-state index is 0.260. The van der Waals surface area contributed by atoms with Crippen LogP contribution in [0.2, 0.25) is 0 Å². The minimum Gasteiger partial charge on any atom is -0.478 e. The van der Waals surface area contributed by atoms with E-state index in [0.717, 1.165) is 0 Å². The Labute approximate surface area is 68.7 Å². The van der Waals surface area contributed by atoms with Crippen LogP contribution in [0.15, 0.2) is 29.0 Å². The molecule has 2 aliphatic heterocycles. The fourth-order valence-corrected chi connectivity index (χ4v) is 1.15. The number of allylic oxidation sites excluding steroid dienone is 1. The standard InChI is InChI=1S/C7H7N3O2/c11-7(12)5-4-9-10-3-1-2-8-6(5)10/h1-4,6,9H,(H,11,12). The van der Waals surface area contributed by atoms with Gasteiger partial charge in [0.1, 0.15) is 5.57 Å². The molecule has 62 valence electrons. The zero-order valence-corrected chi connectivity index (χ0v) is 6.14. The molecule has 0 amide bonds. The van der Waals surface area contributed by atoms with Crippen LogP contribution in [-0.2, 0) is 4.79 Å². The number of hydrogen-bond acceptors (Lipinski definition) is 4. The van der Waals surface area contributed by atoms with Crippen molar-refractivity contribution in [2.45, 2.75) is 6.17 Å². The zero-order valence-electron chi connectivity index (χ0n) is 6.14. The van der Waals surface area contributed by atoms with Gasteiger partial charge in [-0.25, -0.2) is 4.79 Å². The molecule has 0 aromatic heterocycles. The molecule has 1 atom stereocenters. The van der Waals surface area contributed by atoms with Crippen LogP contribution in [0.4, 0.5) is 0 Å². The zero-order chi connectivity index (χ0) is 8.55. The Morgan fingerprint density at radius 2 is 2.58 bits per heavy atom. The van der Waals surface area contributed by atoms with Crippen molar-refractivity contribution in [1.82, 2.24) is 10.4 Å². The van der Waals surface area contributed by atoms with Gasteiger partial charge < -0.3 is 10.5 Å². The minimum atomic E-state index is -0.942. The second-order valence-corrected chi connectivity index (χ2v) is 2.45. The Bertz CT molecular complexity index is 306. The molecule has 0 spiro atoms. The first kappa shape index (κ1) is 6.90. The molecule has 0 radical (unpaired) electrons. The SMILES string of the molecule is O=C(O)C1=CNN2C=CC=NC12. The van der Waals surface area contributed by atoms with Crippen molar-refractivity contribution in [3.63, 3.8) is 0 Å². The van der Waals surface area contributed by atoms with Crippen LogP contribution in [0.1, 0.15) is 0 Å². The maximum Gasteiger partial charge on any atom is 0.337 e. The fraction of sp³-hybridized carbons (Fsp3) is 0.143. The lowest BCUT2D eigenvalue weighted by atomic mass is 10.2. The average Bonchev–Trinajstić information content (AvgIpc) is 2.47. The average molecular weight is 165 g/mol. The molecule has 2 N–H and O–H groups in total. The smallest absolute Gasteiger partial charge is 0.337 e. The second kappa shape index (κ2) is 2.37. The van der Waals surface area contributed by atoms with Crippen LogP contribution in [0.5, 0.6) is 0 Å². The molecule has 0 aliphatic carbocycles. The van der Waals surface area contributed by atoms with E-state index in [2.05, 4.69) is 10.4 Å². The number of hydrazine groups is 1. The van der Waals surface area contributed by atoms with Gasteiger partial charge in [-0.05, 0) is 6.08 Å². The van der Waals surface area contributed by atoms with E-state index in [0.29, 0.717) is 0 Å². The van der Waals surface area contributed by atoms with E-state index in [-0.39, 0.29) is 5.57 Å². The highest BCUT2D eigenvalue weighted by atomic mass is 16.4. The number of rotatable bonds is 1. The van der Waals surface area contributed by atoms with Crippen molar-refractivity contribution >= 4 is 12.2 Å². The van der Waals surface area contributed by atoms with E-state index in [1.807, 2.05) is 0 Å². The van der Waals surface area contributed by atoms with Crippen LogP contribution in [0.3, 0.4) is 0 Å². The molecule has 12 heavy (non-hydrogen) atoms. The summed E-state index contributed by atoms with van der Waals surface area (Å²) in [6.45, 7) is 0. The fourth-order valence-electron chi connectivity index (χ4n) is 1.15. The Hall–Kier alpha value is -1.78. The highest BCUT2D eigenvalue weighted by Gasteiger charge is 2.29. The Kier molecular flexibility index (Phi) is 1.36. The third-order valence-corrected chi connectivity index (χ3v) is 1.72. The predicted molar refractivity (Wildman–Crippen MR) is 42.1 cm³/mol. The molecular formula is C7H7N3O2. The van der Waals surface area contributed by atoms with E-state index in [1.165, 1.54) is 6.20 Å². The van der Waals surface area contributed by atoms with Crippen molar-refractivity contribution in [3.8, 4) is 0 Å². The molecular weight excluding hydrogens is 158 g/mol. The number of fused-ring (bicyclic) bond motifs is 1. The normalized spacial score (nSPS) is 24.8. The number of nitrogens with zero attached hydrogens (tertiary/aromatic N) is 2. The van der Waals surface area contributed by atoms with E-state index < -0.39 is 12.1 Å². The number of carboxylic acid groups (broad SMARTS) is 1. The lowest BCUT2D eigenvalue weighted by Gasteiger charge is -2.22.